The van der Waals surface area contributed by atoms with Gasteiger partial charge >= 0.3 is 0 Å². The number of nitrogens with zero attached hydrogens (tertiary/aromatic N) is 3. The first-order chi connectivity index (χ1) is 18.5. The molecule has 7 heteroatoms. The number of hydrogen-bond donors (Lipinski definition) is 1. The molecule has 0 bridgehead atoms. The molecule has 1 aromatic heterocycles. The summed E-state index contributed by atoms with van der Waals surface area (Å²) >= 11 is 5.99. The average molecular weight is 535 g/mol. The molecule has 1 heterocycles. The Labute approximate surface area is 230 Å². The molecule has 2 aromatic carbocycles. The molecule has 2 amide bonds. The Hall–Kier alpha value is -2.86. The van der Waals surface area contributed by atoms with E-state index in [1.165, 1.54) is 38.5 Å². The van der Waals surface area contributed by atoms with Gasteiger partial charge in [0.2, 0.25) is 11.8 Å². The van der Waals surface area contributed by atoms with E-state index in [2.05, 4.69) is 10.2 Å². The van der Waals surface area contributed by atoms with Gasteiger partial charge < -0.3 is 14.8 Å². The van der Waals surface area contributed by atoms with Crippen LogP contribution in [-0.4, -0.2) is 38.3 Å². The van der Waals surface area contributed by atoms with Gasteiger partial charge in [-0.2, -0.15) is 0 Å². The van der Waals surface area contributed by atoms with Crippen LogP contribution in [0.4, 0.5) is 0 Å². The number of hydrogen-bond acceptors (Lipinski definition) is 3. The van der Waals surface area contributed by atoms with Crippen LogP contribution in [0, 0.1) is 0 Å². The summed E-state index contributed by atoms with van der Waals surface area (Å²) in [5.41, 5.74) is 2.68. The van der Waals surface area contributed by atoms with E-state index in [4.69, 9.17) is 16.6 Å². The summed E-state index contributed by atoms with van der Waals surface area (Å²) in [5, 5.41) is 3.76. The van der Waals surface area contributed by atoms with E-state index in [-0.39, 0.29) is 30.8 Å². The highest BCUT2D eigenvalue weighted by atomic mass is 35.5. The molecule has 38 heavy (non-hydrogen) atoms. The Morgan fingerprint density at radius 3 is 2.18 bits per heavy atom. The molecule has 2 aliphatic rings. The zero-order valence-electron chi connectivity index (χ0n) is 22.4. The fourth-order valence-electron chi connectivity index (χ4n) is 6.38. The van der Waals surface area contributed by atoms with Crippen LogP contribution in [0.2, 0.25) is 5.02 Å². The van der Waals surface area contributed by atoms with E-state index in [0.717, 1.165) is 48.1 Å². The predicted molar refractivity (Wildman–Crippen MR) is 152 cm³/mol. The standard InChI is InChI=1S/C31H39ClN4O2/c1-22(33-29(37)20-23-16-18-24(32)19-17-23)31-34-27-14-8-9-15-28(27)35(31)21-30(38)36(25-10-4-2-5-11-25)26-12-6-3-7-13-26/h8-9,14-19,22,25-26H,2-7,10-13,20-21H2,1H3,(H,33,37). The lowest BCUT2D eigenvalue weighted by Crippen LogP contribution is -2.50. The molecule has 0 aliphatic heterocycles. The third kappa shape index (κ3) is 6.23. The monoisotopic (exact) mass is 534 g/mol. The van der Waals surface area contributed by atoms with Crippen molar-refractivity contribution in [3.63, 3.8) is 0 Å². The molecular weight excluding hydrogens is 496 g/mol. The zero-order chi connectivity index (χ0) is 26.5. The molecule has 2 fully saturated rings. The quantitative estimate of drug-likeness (QED) is 0.354. The average Bonchev–Trinajstić information content (AvgIpc) is 3.30. The van der Waals surface area contributed by atoms with Crippen molar-refractivity contribution in [2.75, 3.05) is 0 Å². The number of amides is 2. The largest absolute Gasteiger partial charge is 0.346 e. The Morgan fingerprint density at radius 1 is 0.947 bits per heavy atom. The van der Waals surface area contributed by atoms with E-state index in [1.807, 2.05) is 47.9 Å². The Morgan fingerprint density at radius 2 is 1.55 bits per heavy atom. The predicted octanol–water partition coefficient (Wildman–Crippen LogP) is 6.60. The zero-order valence-corrected chi connectivity index (χ0v) is 23.1. The summed E-state index contributed by atoms with van der Waals surface area (Å²) < 4.78 is 2.03. The topological polar surface area (TPSA) is 67.2 Å². The van der Waals surface area contributed by atoms with Crippen molar-refractivity contribution in [1.29, 1.82) is 0 Å². The van der Waals surface area contributed by atoms with Crippen LogP contribution < -0.4 is 5.32 Å². The van der Waals surface area contributed by atoms with Gasteiger partial charge in [-0.3, -0.25) is 9.59 Å². The van der Waals surface area contributed by atoms with Crippen LogP contribution in [0.3, 0.4) is 0 Å². The highest BCUT2D eigenvalue weighted by molar-refractivity contribution is 6.30. The molecule has 1 unspecified atom stereocenters. The molecule has 1 N–H and O–H groups in total. The molecule has 5 rings (SSSR count). The summed E-state index contributed by atoms with van der Waals surface area (Å²) in [5.74, 6) is 0.819. The van der Waals surface area contributed by atoms with Crippen LogP contribution in [0.1, 0.15) is 88.6 Å². The van der Waals surface area contributed by atoms with Gasteiger partial charge in [0, 0.05) is 17.1 Å². The van der Waals surface area contributed by atoms with E-state index < -0.39 is 0 Å². The molecule has 2 saturated carbocycles. The van der Waals surface area contributed by atoms with Gasteiger partial charge in [-0.15, -0.1) is 0 Å². The number of nitrogens with one attached hydrogen (secondary N) is 1. The van der Waals surface area contributed by atoms with Crippen LogP contribution in [0.5, 0.6) is 0 Å². The van der Waals surface area contributed by atoms with E-state index >= 15 is 0 Å². The number of fused-ring (bicyclic) bond motifs is 1. The number of carbonyl (C=O) groups excluding carboxylic acids is 2. The fourth-order valence-corrected chi connectivity index (χ4v) is 6.50. The van der Waals surface area contributed by atoms with Crippen molar-refractivity contribution in [3.8, 4) is 0 Å². The molecule has 1 atom stereocenters. The number of halogens is 1. The van der Waals surface area contributed by atoms with Crippen LogP contribution in [0.15, 0.2) is 48.5 Å². The maximum absolute atomic E-state index is 14.1. The number of imidazole rings is 1. The van der Waals surface area contributed by atoms with Crippen molar-refractivity contribution >= 4 is 34.4 Å². The van der Waals surface area contributed by atoms with Crippen LogP contribution in [-0.2, 0) is 22.6 Å². The molecule has 6 nitrogen and oxygen atoms in total. The van der Waals surface area contributed by atoms with Crippen molar-refractivity contribution in [1.82, 2.24) is 19.8 Å². The van der Waals surface area contributed by atoms with Crippen LogP contribution in [0.25, 0.3) is 11.0 Å². The Bertz CT molecular complexity index is 1220. The van der Waals surface area contributed by atoms with E-state index in [9.17, 15) is 9.59 Å². The van der Waals surface area contributed by atoms with Gasteiger partial charge in [0.25, 0.3) is 0 Å². The minimum absolute atomic E-state index is 0.0872. The Kier molecular flexibility index (Phi) is 8.68. The first-order valence-electron chi connectivity index (χ1n) is 14.3. The smallest absolute Gasteiger partial charge is 0.243 e. The summed E-state index contributed by atoms with van der Waals surface area (Å²) in [4.78, 5) is 34.1. The second kappa shape index (κ2) is 12.3. The summed E-state index contributed by atoms with van der Waals surface area (Å²) in [7, 11) is 0. The fraction of sp³-hybridized carbons (Fsp3) is 0.516. The van der Waals surface area contributed by atoms with Gasteiger partial charge in [0.05, 0.1) is 23.5 Å². The molecule has 3 aromatic rings. The summed E-state index contributed by atoms with van der Waals surface area (Å²) in [6, 6.07) is 15.6. The molecule has 0 spiro atoms. The SMILES string of the molecule is CC(NC(=O)Cc1ccc(Cl)cc1)c1nc2ccccc2n1CC(=O)N(C1CCCCC1)C1CCCCC1. The maximum atomic E-state index is 14.1. The van der Waals surface area contributed by atoms with Crippen molar-refractivity contribution in [2.45, 2.75) is 102 Å². The second-order valence-corrected chi connectivity index (χ2v) is 11.5. The molecule has 0 radical (unpaired) electrons. The van der Waals surface area contributed by atoms with Crippen molar-refractivity contribution < 1.29 is 9.59 Å². The van der Waals surface area contributed by atoms with Crippen molar-refractivity contribution in [3.05, 3.63) is 64.9 Å². The van der Waals surface area contributed by atoms with Gasteiger partial charge in [-0.05, 0) is 62.4 Å². The van der Waals surface area contributed by atoms with Gasteiger partial charge in [0.1, 0.15) is 12.4 Å². The number of carbonyl (C=O) groups is 2. The third-order valence-corrected chi connectivity index (χ3v) is 8.50. The Balaban J connectivity index is 1.38. The number of para-hydroxylation sites is 2. The van der Waals surface area contributed by atoms with Crippen molar-refractivity contribution in [2.24, 2.45) is 0 Å². The third-order valence-electron chi connectivity index (χ3n) is 8.24. The number of benzene rings is 2. The molecule has 0 saturated heterocycles. The van der Waals surface area contributed by atoms with Crippen LogP contribution >= 0.6 is 11.6 Å². The lowest BCUT2D eigenvalue weighted by molar-refractivity contribution is -0.138. The normalized spacial score (nSPS) is 17.8. The molecule has 202 valence electrons. The second-order valence-electron chi connectivity index (χ2n) is 11.0. The minimum Gasteiger partial charge on any atom is -0.346 e. The first-order valence-corrected chi connectivity index (χ1v) is 14.7. The van der Waals surface area contributed by atoms with E-state index in [1.54, 1.807) is 12.1 Å². The summed E-state index contributed by atoms with van der Waals surface area (Å²) in [6.07, 6.45) is 12.1. The highest BCUT2D eigenvalue weighted by Crippen LogP contribution is 2.31. The first kappa shape index (κ1) is 26.7. The lowest BCUT2D eigenvalue weighted by Gasteiger charge is -2.42. The number of aromatic nitrogens is 2. The van der Waals surface area contributed by atoms with Gasteiger partial charge in [-0.25, -0.2) is 4.98 Å². The maximum Gasteiger partial charge on any atom is 0.243 e. The van der Waals surface area contributed by atoms with Gasteiger partial charge in [0.15, 0.2) is 0 Å². The summed E-state index contributed by atoms with van der Waals surface area (Å²) in [6.45, 7) is 2.20. The van der Waals surface area contributed by atoms with Gasteiger partial charge in [-0.1, -0.05) is 74.4 Å². The van der Waals surface area contributed by atoms with E-state index in [0.29, 0.717) is 17.1 Å². The minimum atomic E-state index is -0.340. The highest BCUT2D eigenvalue weighted by Gasteiger charge is 2.33. The number of rotatable bonds is 8. The molecule has 2 aliphatic carbocycles. The molecular formula is C31H39ClN4O2. The lowest BCUT2D eigenvalue weighted by atomic mass is 9.88.